The Kier molecular flexibility index (Phi) is 7.33. The number of ether oxygens (including phenoxy) is 1. The minimum atomic E-state index is -0.395. The van der Waals surface area contributed by atoms with Crippen molar-refractivity contribution < 1.29 is 14.3 Å². The van der Waals surface area contributed by atoms with Gasteiger partial charge in [0.25, 0.3) is 0 Å². The van der Waals surface area contributed by atoms with Crippen molar-refractivity contribution in [1.29, 1.82) is 5.26 Å². The van der Waals surface area contributed by atoms with Crippen molar-refractivity contribution in [2.75, 3.05) is 16.8 Å². The van der Waals surface area contributed by atoms with Crippen LogP contribution in [-0.2, 0) is 20.9 Å². The first-order chi connectivity index (χ1) is 12.1. The van der Waals surface area contributed by atoms with E-state index >= 15 is 0 Å². The molecule has 0 radical (unpaired) electrons. The molecule has 0 aliphatic rings. The highest BCUT2D eigenvalue weighted by Gasteiger charge is 2.07. The second-order valence-corrected chi connectivity index (χ2v) is 6.44. The number of nitrogens with zero attached hydrogens (tertiary/aromatic N) is 1. The highest BCUT2D eigenvalue weighted by Crippen LogP contribution is 2.14. The van der Waals surface area contributed by atoms with Crippen molar-refractivity contribution in [3.63, 3.8) is 0 Å². The van der Waals surface area contributed by atoms with Crippen molar-refractivity contribution in [3.05, 3.63) is 64.7 Å². The van der Waals surface area contributed by atoms with Crippen LogP contribution in [0, 0.1) is 11.3 Å². The molecule has 7 heteroatoms. The third-order valence-electron chi connectivity index (χ3n) is 3.06. The van der Waals surface area contributed by atoms with E-state index in [0.29, 0.717) is 16.3 Å². The Labute approximate surface area is 154 Å². The molecule has 128 valence electrons. The molecule has 1 N–H and O–H groups in total. The van der Waals surface area contributed by atoms with Crippen molar-refractivity contribution in [3.8, 4) is 6.07 Å². The maximum Gasteiger partial charge on any atom is 0.316 e. The van der Waals surface area contributed by atoms with E-state index < -0.39 is 5.97 Å². The molecule has 1 amide bonds. The number of carbonyl (C=O) groups is 2. The van der Waals surface area contributed by atoms with Crippen LogP contribution in [0.5, 0.6) is 0 Å². The predicted molar refractivity (Wildman–Crippen MR) is 98.4 cm³/mol. The highest BCUT2D eigenvalue weighted by atomic mass is 35.5. The van der Waals surface area contributed by atoms with E-state index in [0.717, 1.165) is 5.56 Å². The minimum absolute atomic E-state index is 0.0876. The molecule has 2 rings (SSSR count). The van der Waals surface area contributed by atoms with Crippen molar-refractivity contribution in [2.24, 2.45) is 0 Å². The molecule has 0 bridgehead atoms. The summed E-state index contributed by atoms with van der Waals surface area (Å²) in [5, 5.41) is 12.0. The Balaban J connectivity index is 1.65. The van der Waals surface area contributed by atoms with E-state index in [1.807, 2.05) is 6.07 Å². The first-order valence-electron chi connectivity index (χ1n) is 7.34. The molecule has 0 saturated heterocycles. The van der Waals surface area contributed by atoms with Gasteiger partial charge in [-0.25, -0.2) is 0 Å². The fourth-order valence-corrected chi connectivity index (χ4v) is 2.57. The topological polar surface area (TPSA) is 79.2 Å². The van der Waals surface area contributed by atoms with E-state index in [2.05, 4.69) is 5.32 Å². The standard InChI is InChI=1S/C18H15ClN2O3S/c19-15-5-7-16(8-6-15)21-17(22)11-25-12-18(23)24-10-14-3-1-13(9-20)2-4-14/h1-8H,10-12H2,(H,21,22). The van der Waals surface area contributed by atoms with Gasteiger partial charge in [-0.1, -0.05) is 23.7 Å². The summed E-state index contributed by atoms with van der Waals surface area (Å²) in [6.45, 7) is 0.141. The Morgan fingerprint density at radius 3 is 2.40 bits per heavy atom. The molecule has 25 heavy (non-hydrogen) atoms. The molecule has 0 atom stereocenters. The molecule has 0 saturated carbocycles. The lowest BCUT2D eigenvalue weighted by Crippen LogP contribution is -2.16. The summed E-state index contributed by atoms with van der Waals surface area (Å²) in [5.74, 6) is -0.361. The second kappa shape index (κ2) is 9.72. The Bertz CT molecular complexity index is 770. The molecule has 0 aliphatic heterocycles. The average Bonchev–Trinajstić information content (AvgIpc) is 2.62. The second-order valence-electron chi connectivity index (χ2n) is 5.02. The van der Waals surface area contributed by atoms with Gasteiger partial charge in [-0.15, -0.1) is 11.8 Å². The quantitative estimate of drug-likeness (QED) is 0.748. The van der Waals surface area contributed by atoms with Crippen molar-refractivity contribution in [1.82, 2.24) is 0 Å². The number of nitrogens with one attached hydrogen (secondary N) is 1. The molecule has 2 aromatic rings. The number of thioether (sulfide) groups is 1. The summed E-state index contributed by atoms with van der Waals surface area (Å²) in [6, 6.07) is 15.6. The third kappa shape index (κ3) is 6.87. The fraction of sp³-hybridized carbons (Fsp3) is 0.167. The molecule has 0 aromatic heterocycles. The van der Waals surface area contributed by atoms with Gasteiger partial charge in [0.15, 0.2) is 0 Å². The SMILES string of the molecule is N#Cc1ccc(COC(=O)CSCC(=O)Nc2ccc(Cl)cc2)cc1. The average molecular weight is 375 g/mol. The molecular formula is C18H15ClN2O3S. The van der Waals surface area contributed by atoms with Crippen LogP contribution >= 0.6 is 23.4 Å². The number of anilines is 1. The van der Waals surface area contributed by atoms with Crippen molar-refractivity contribution >= 4 is 40.9 Å². The van der Waals surface area contributed by atoms with Crippen LogP contribution in [0.25, 0.3) is 0 Å². The van der Waals surface area contributed by atoms with Gasteiger partial charge in [0.2, 0.25) is 5.91 Å². The van der Waals surface area contributed by atoms with E-state index in [1.54, 1.807) is 48.5 Å². The van der Waals surface area contributed by atoms with Crippen LogP contribution < -0.4 is 5.32 Å². The van der Waals surface area contributed by atoms with Crippen LogP contribution in [-0.4, -0.2) is 23.4 Å². The lowest BCUT2D eigenvalue weighted by atomic mass is 10.2. The zero-order valence-electron chi connectivity index (χ0n) is 13.2. The number of amides is 1. The zero-order valence-corrected chi connectivity index (χ0v) is 14.8. The third-order valence-corrected chi connectivity index (χ3v) is 4.22. The maximum atomic E-state index is 11.8. The highest BCUT2D eigenvalue weighted by molar-refractivity contribution is 8.00. The molecule has 0 fully saturated rings. The Morgan fingerprint density at radius 1 is 1.08 bits per heavy atom. The van der Waals surface area contributed by atoms with Crippen LogP contribution in [0.4, 0.5) is 5.69 Å². The molecule has 0 heterocycles. The van der Waals surface area contributed by atoms with Gasteiger partial charge >= 0.3 is 5.97 Å². The summed E-state index contributed by atoms with van der Waals surface area (Å²) in [5.41, 5.74) is 2.01. The number of benzene rings is 2. The number of esters is 1. The molecule has 0 spiro atoms. The molecule has 0 unspecified atom stereocenters. The number of halogens is 1. The maximum absolute atomic E-state index is 11.8. The summed E-state index contributed by atoms with van der Waals surface area (Å²) < 4.78 is 5.13. The van der Waals surface area contributed by atoms with Crippen LogP contribution in [0.2, 0.25) is 5.02 Å². The molecule has 0 aliphatic carbocycles. The predicted octanol–water partition coefficient (Wildman–Crippen LogP) is 3.63. The smallest absolute Gasteiger partial charge is 0.316 e. The number of nitriles is 1. The van der Waals surface area contributed by atoms with E-state index in [4.69, 9.17) is 21.6 Å². The normalized spacial score (nSPS) is 9.92. The zero-order chi connectivity index (χ0) is 18.1. The summed E-state index contributed by atoms with van der Waals surface area (Å²) in [4.78, 5) is 23.5. The van der Waals surface area contributed by atoms with E-state index in [-0.39, 0.29) is 24.0 Å². The van der Waals surface area contributed by atoms with Gasteiger partial charge in [-0.2, -0.15) is 5.26 Å². The van der Waals surface area contributed by atoms with Gasteiger partial charge in [0.1, 0.15) is 6.61 Å². The van der Waals surface area contributed by atoms with E-state index in [9.17, 15) is 9.59 Å². The van der Waals surface area contributed by atoms with Crippen LogP contribution in [0.15, 0.2) is 48.5 Å². The van der Waals surface area contributed by atoms with Crippen molar-refractivity contribution in [2.45, 2.75) is 6.61 Å². The van der Waals surface area contributed by atoms with Crippen LogP contribution in [0.1, 0.15) is 11.1 Å². The van der Waals surface area contributed by atoms with Gasteiger partial charge in [-0.05, 0) is 42.0 Å². The largest absolute Gasteiger partial charge is 0.460 e. The number of carbonyl (C=O) groups excluding carboxylic acids is 2. The van der Waals surface area contributed by atoms with E-state index in [1.165, 1.54) is 11.8 Å². The first-order valence-corrected chi connectivity index (χ1v) is 8.88. The first kappa shape index (κ1) is 18.8. The van der Waals surface area contributed by atoms with Gasteiger partial charge in [0.05, 0.1) is 23.1 Å². The summed E-state index contributed by atoms with van der Waals surface area (Å²) in [6.07, 6.45) is 0. The monoisotopic (exact) mass is 374 g/mol. The number of hydrogen-bond acceptors (Lipinski definition) is 5. The Hall–Kier alpha value is -2.49. The van der Waals surface area contributed by atoms with Gasteiger partial charge in [-0.3, -0.25) is 9.59 Å². The minimum Gasteiger partial charge on any atom is -0.460 e. The number of hydrogen-bond donors (Lipinski definition) is 1. The lowest BCUT2D eigenvalue weighted by molar-refractivity contribution is -0.141. The lowest BCUT2D eigenvalue weighted by Gasteiger charge is -2.06. The molecule has 2 aromatic carbocycles. The van der Waals surface area contributed by atoms with Gasteiger partial charge < -0.3 is 10.1 Å². The van der Waals surface area contributed by atoms with Crippen LogP contribution in [0.3, 0.4) is 0 Å². The molecular weight excluding hydrogens is 360 g/mol. The number of rotatable bonds is 7. The van der Waals surface area contributed by atoms with Gasteiger partial charge in [0, 0.05) is 10.7 Å². The fourth-order valence-electron chi connectivity index (χ4n) is 1.84. The Morgan fingerprint density at radius 2 is 1.76 bits per heavy atom. The summed E-state index contributed by atoms with van der Waals surface area (Å²) >= 11 is 6.95. The molecule has 5 nitrogen and oxygen atoms in total. The summed E-state index contributed by atoms with van der Waals surface area (Å²) in [7, 11) is 0.